The molecule has 0 aliphatic carbocycles. The van der Waals surface area contributed by atoms with Crippen LogP contribution in [-0.4, -0.2) is 6.54 Å². The Hall–Kier alpha value is -2.85. The number of anilines is 1. The highest BCUT2D eigenvalue weighted by molar-refractivity contribution is 5.56. The van der Waals surface area contributed by atoms with Crippen LogP contribution in [0.5, 0.6) is 11.5 Å². The zero-order valence-corrected chi connectivity index (χ0v) is 13.7. The summed E-state index contributed by atoms with van der Waals surface area (Å²) in [6.07, 6.45) is 0. The minimum atomic E-state index is -0.239. The molecule has 0 saturated heterocycles. The summed E-state index contributed by atoms with van der Waals surface area (Å²) in [5, 5.41) is 0. The van der Waals surface area contributed by atoms with Gasteiger partial charge in [0.05, 0.1) is 6.04 Å². The van der Waals surface area contributed by atoms with Gasteiger partial charge in [0.15, 0.2) is 0 Å². The summed E-state index contributed by atoms with van der Waals surface area (Å²) in [6.45, 7) is 1.17. The van der Waals surface area contributed by atoms with E-state index in [9.17, 15) is 4.39 Å². The normalized spacial score (nSPS) is 15.9. The van der Waals surface area contributed by atoms with Gasteiger partial charge in [-0.25, -0.2) is 4.39 Å². The second-order valence-electron chi connectivity index (χ2n) is 6.14. The van der Waals surface area contributed by atoms with Crippen LogP contribution >= 0.6 is 0 Å². The molecule has 0 saturated carbocycles. The van der Waals surface area contributed by atoms with Gasteiger partial charge >= 0.3 is 0 Å². The van der Waals surface area contributed by atoms with Crippen LogP contribution in [0.3, 0.4) is 0 Å². The van der Waals surface area contributed by atoms with Crippen LogP contribution in [0, 0.1) is 5.82 Å². The van der Waals surface area contributed by atoms with Gasteiger partial charge in [-0.05, 0) is 53.6 Å². The lowest BCUT2D eigenvalue weighted by Crippen LogP contribution is -2.27. The first-order chi connectivity index (χ1) is 12.2. The van der Waals surface area contributed by atoms with Crippen molar-refractivity contribution < 1.29 is 9.13 Å². The van der Waals surface area contributed by atoms with E-state index in [-0.39, 0.29) is 11.9 Å². The number of ether oxygens (including phenoxy) is 1. The Labute approximate surface area is 146 Å². The average Bonchev–Trinajstić information content (AvgIpc) is 3.00. The van der Waals surface area contributed by atoms with Crippen molar-refractivity contribution in [1.82, 2.24) is 0 Å². The van der Waals surface area contributed by atoms with Gasteiger partial charge in [-0.1, -0.05) is 30.3 Å². The molecule has 1 heterocycles. The zero-order valence-electron chi connectivity index (χ0n) is 13.7. The number of rotatable bonds is 4. The lowest BCUT2D eigenvalue weighted by molar-refractivity contribution is 0.481. The van der Waals surface area contributed by atoms with E-state index >= 15 is 0 Å². The van der Waals surface area contributed by atoms with Gasteiger partial charge in [0.2, 0.25) is 0 Å². The maximum Gasteiger partial charge on any atom is 0.127 e. The van der Waals surface area contributed by atoms with Crippen molar-refractivity contribution in [2.45, 2.75) is 12.6 Å². The molecule has 0 spiro atoms. The van der Waals surface area contributed by atoms with Gasteiger partial charge in [0.25, 0.3) is 0 Å². The first-order valence-corrected chi connectivity index (χ1v) is 8.32. The Balaban J connectivity index is 1.64. The molecule has 0 radical (unpaired) electrons. The van der Waals surface area contributed by atoms with Crippen LogP contribution in [0.15, 0.2) is 72.8 Å². The molecule has 1 atom stereocenters. The maximum atomic E-state index is 13.6. The van der Waals surface area contributed by atoms with E-state index in [1.165, 1.54) is 11.6 Å². The SMILES string of the molecule is NCC1c2cc(Oc3ccccc3)ccc2CN1c1cccc(F)c1. The fourth-order valence-electron chi connectivity index (χ4n) is 3.36. The lowest BCUT2D eigenvalue weighted by atomic mass is 10.0. The standard InChI is InChI=1S/C21H19FN2O/c22-16-5-4-6-17(11-16)24-14-15-9-10-19(12-20(15)21(24)13-23)25-18-7-2-1-3-8-18/h1-12,21H,13-14,23H2. The molecule has 126 valence electrons. The summed E-state index contributed by atoms with van der Waals surface area (Å²) in [6, 6.07) is 22.4. The van der Waals surface area contributed by atoms with Gasteiger partial charge in [0.1, 0.15) is 17.3 Å². The van der Waals surface area contributed by atoms with E-state index in [1.807, 2.05) is 48.5 Å². The van der Waals surface area contributed by atoms with E-state index in [1.54, 1.807) is 12.1 Å². The lowest BCUT2D eigenvalue weighted by Gasteiger charge is -2.26. The van der Waals surface area contributed by atoms with Crippen LogP contribution in [0.4, 0.5) is 10.1 Å². The Kier molecular flexibility index (Phi) is 4.12. The molecule has 3 nitrogen and oxygen atoms in total. The fourth-order valence-corrected chi connectivity index (χ4v) is 3.36. The molecular weight excluding hydrogens is 315 g/mol. The van der Waals surface area contributed by atoms with E-state index < -0.39 is 0 Å². The summed E-state index contributed by atoms with van der Waals surface area (Å²) in [7, 11) is 0. The van der Waals surface area contributed by atoms with E-state index in [0.29, 0.717) is 13.1 Å². The number of halogens is 1. The molecule has 2 N–H and O–H groups in total. The molecule has 0 aromatic heterocycles. The monoisotopic (exact) mass is 334 g/mol. The molecule has 1 aliphatic heterocycles. The summed E-state index contributed by atoms with van der Waals surface area (Å²) in [4.78, 5) is 2.14. The molecule has 0 amide bonds. The molecule has 0 bridgehead atoms. The molecule has 4 heteroatoms. The van der Waals surface area contributed by atoms with Crippen LogP contribution in [0.2, 0.25) is 0 Å². The minimum absolute atomic E-state index is 0.0103. The molecule has 1 aliphatic rings. The minimum Gasteiger partial charge on any atom is -0.457 e. The van der Waals surface area contributed by atoms with Gasteiger partial charge < -0.3 is 15.4 Å². The average molecular weight is 334 g/mol. The predicted octanol–water partition coefficient (Wildman–Crippen LogP) is 4.64. The van der Waals surface area contributed by atoms with E-state index in [0.717, 1.165) is 22.7 Å². The third-order valence-electron chi connectivity index (χ3n) is 4.54. The largest absolute Gasteiger partial charge is 0.457 e. The first-order valence-electron chi connectivity index (χ1n) is 8.32. The van der Waals surface area contributed by atoms with Crippen molar-refractivity contribution in [3.63, 3.8) is 0 Å². The van der Waals surface area contributed by atoms with Crippen molar-refractivity contribution in [2.75, 3.05) is 11.4 Å². The molecular formula is C21H19FN2O. The van der Waals surface area contributed by atoms with Crippen molar-refractivity contribution in [3.05, 3.63) is 89.7 Å². The number of hydrogen-bond donors (Lipinski definition) is 1. The van der Waals surface area contributed by atoms with Crippen molar-refractivity contribution >= 4 is 5.69 Å². The number of hydrogen-bond acceptors (Lipinski definition) is 3. The van der Waals surface area contributed by atoms with Crippen LogP contribution in [-0.2, 0) is 6.54 Å². The van der Waals surface area contributed by atoms with Gasteiger partial charge in [-0.15, -0.1) is 0 Å². The zero-order chi connectivity index (χ0) is 17.2. The quantitative estimate of drug-likeness (QED) is 0.755. The topological polar surface area (TPSA) is 38.5 Å². The molecule has 4 rings (SSSR count). The maximum absolute atomic E-state index is 13.6. The van der Waals surface area contributed by atoms with Gasteiger partial charge in [0, 0.05) is 18.8 Å². The number of nitrogens with zero attached hydrogens (tertiary/aromatic N) is 1. The van der Waals surface area contributed by atoms with Crippen LogP contribution in [0.25, 0.3) is 0 Å². The Morgan fingerprint density at radius 3 is 2.56 bits per heavy atom. The van der Waals surface area contributed by atoms with Gasteiger partial charge in [-0.3, -0.25) is 0 Å². The van der Waals surface area contributed by atoms with Crippen LogP contribution in [0.1, 0.15) is 17.2 Å². The van der Waals surface area contributed by atoms with Crippen molar-refractivity contribution in [3.8, 4) is 11.5 Å². The fraction of sp³-hybridized carbons (Fsp3) is 0.143. The molecule has 3 aromatic carbocycles. The van der Waals surface area contributed by atoms with E-state index in [2.05, 4.69) is 11.0 Å². The molecule has 1 unspecified atom stereocenters. The molecule has 3 aromatic rings. The Morgan fingerprint density at radius 2 is 1.80 bits per heavy atom. The van der Waals surface area contributed by atoms with Crippen LogP contribution < -0.4 is 15.4 Å². The Morgan fingerprint density at radius 1 is 0.960 bits per heavy atom. The third kappa shape index (κ3) is 3.08. The number of para-hydroxylation sites is 1. The van der Waals surface area contributed by atoms with Crippen molar-refractivity contribution in [2.24, 2.45) is 5.73 Å². The van der Waals surface area contributed by atoms with Gasteiger partial charge in [-0.2, -0.15) is 0 Å². The van der Waals surface area contributed by atoms with Crippen molar-refractivity contribution in [1.29, 1.82) is 0 Å². The molecule has 25 heavy (non-hydrogen) atoms. The summed E-state index contributed by atoms with van der Waals surface area (Å²) >= 11 is 0. The first kappa shape index (κ1) is 15.7. The summed E-state index contributed by atoms with van der Waals surface area (Å²) in [5.74, 6) is 1.34. The molecule has 0 fully saturated rings. The number of fused-ring (bicyclic) bond motifs is 1. The second kappa shape index (κ2) is 6.57. The third-order valence-corrected chi connectivity index (χ3v) is 4.54. The highest BCUT2D eigenvalue weighted by Crippen LogP contribution is 2.39. The summed E-state index contributed by atoms with van der Waals surface area (Å²) in [5.41, 5.74) is 9.22. The number of benzene rings is 3. The second-order valence-corrected chi connectivity index (χ2v) is 6.14. The smallest absolute Gasteiger partial charge is 0.127 e. The summed E-state index contributed by atoms with van der Waals surface area (Å²) < 4.78 is 19.5. The van der Waals surface area contributed by atoms with E-state index in [4.69, 9.17) is 10.5 Å². The highest BCUT2D eigenvalue weighted by atomic mass is 19.1. The predicted molar refractivity (Wildman–Crippen MR) is 97.3 cm³/mol. The Bertz CT molecular complexity index is 882. The number of nitrogens with two attached hydrogens (primary N) is 1. The highest BCUT2D eigenvalue weighted by Gasteiger charge is 2.30.